The Labute approximate surface area is 118 Å². The zero-order valence-corrected chi connectivity index (χ0v) is 11.9. The van der Waals surface area contributed by atoms with E-state index in [0.717, 1.165) is 27.2 Å². The van der Waals surface area contributed by atoms with E-state index in [1.165, 1.54) is 0 Å². The Bertz CT molecular complexity index is 708. The monoisotopic (exact) mass is 317 g/mol. The second-order valence-corrected chi connectivity index (χ2v) is 5.08. The fraction of sp³-hybridized carbons (Fsp3) is 0.154. The van der Waals surface area contributed by atoms with Crippen molar-refractivity contribution in [3.63, 3.8) is 0 Å². The summed E-state index contributed by atoms with van der Waals surface area (Å²) in [5, 5.41) is 7.66. The number of rotatable bonds is 3. The van der Waals surface area contributed by atoms with E-state index in [1.807, 2.05) is 31.3 Å². The van der Waals surface area contributed by atoms with Crippen molar-refractivity contribution in [3.05, 3.63) is 52.5 Å². The van der Waals surface area contributed by atoms with E-state index >= 15 is 0 Å². The van der Waals surface area contributed by atoms with Crippen LogP contribution in [0.5, 0.6) is 0 Å². The standard InChI is InChI=1S/C13H12BrN5/c1-9-5-12(16-7-10-3-2-4-15-6-10)19-13(18-9)11(14)8-17-19/h2-6,8,16H,7H2,1H3. The van der Waals surface area contributed by atoms with E-state index < -0.39 is 0 Å². The predicted molar refractivity (Wildman–Crippen MR) is 77.0 cm³/mol. The van der Waals surface area contributed by atoms with Gasteiger partial charge >= 0.3 is 0 Å². The molecular formula is C13H12BrN5. The molecule has 5 nitrogen and oxygen atoms in total. The van der Waals surface area contributed by atoms with Gasteiger partial charge in [-0.25, -0.2) is 4.98 Å². The number of halogens is 1. The summed E-state index contributed by atoms with van der Waals surface area (Å²) in [6.45, 7) is 2.67. The molecular weight excluding hydrogens is 306 g/mol. The summed E-state index contributed by atoms with van der Waals surface area (Å²) < 4.78 is 2.67. The molecule has 6 heteroatoms. The summed E-state index contributed by atoms with van der Waals surface area (Å²) >= 11 is 3.45. The number of anilines is 1. The summed E-state index contributed by atoms with van der Waals surface area (Å²) in [4.78, 5) is 8.55. The maximum absolute atomic E-state index is 4.45. The molecule has 0 bridgehead atoms. The molecule has 0 radical (unpaired) electrons. The summed E-state index contributed by atoms with van der Waals surface area (Å²) in [5.41, 5.74) is 2.88. The van der Waals surface area contributed by atoms with Gasteiger partial charge < -0.3 is 5.32 Å². The number of nitrogens with zero attached hydrogens (tertiary/aromatic N) is 4. The topological polar surface area (TPSA) is 55.1 Å². The van der Waals surface area contributed by atoms with Crippen molar-refractivity contribution in [2.75, 3.05) is 5.32 Å². The largest absolute Gasteiger partial charge is 0.366 e. The van der Waals surface area contributed by atoms with E-state index in [2.05, 4.69) is 36.3 Å². The third-order valence-electron chi connectivity index (χ3n) is 2.75. The van der Waals surface area contributed by atoms with Crippen molar-refractivity contribution in [2.45, 2.75) is 13.5 Å². The number of fused-ring (bicyclic) bond motifs is 1. The van der Waals surface area contributed by atoms with E-state index in [1.54, 1.807) is 16.9 Å². The number of nitrogens with one attached hydrogen (secondary N) is 1. The highest BCUT2D eigenvalue weighted by atomic mass is 79.9. The van der Waals surface area contributed by atoms with Crippen LogP contribution in [0.3, 0.4) is 0 Å². The molecule has 0 amide bonds. The molecule has 0 spiro atoms. The van der Waals surface area contributed by atoms with Gasteiger partial charge in [-0.3, -0.25) is 4.98 Å². The van der Waals surface area contributed by atoms with Crippen LogP contribution in [-0.4, -0.2) is 19.6 Å². The van der Waals surface area contributed by atoms with Gasteiger partial charge in [-0.15, -0.1) is 0 Å². The number of aryl methyl sites for hydroxylation is 1. The maximum atomic E-state index is 4.45. The lowest BCUT2D eigenvalue weighted by Gasteiger charge is -2.09. The number of hydrogen-bond donors (Lipinski definition) is 1. The molecule has 3 rings (SSSR count). The van der Waals surface area contributed by atoms with Gasteiger partial charge in [-0.2, -0.15) is 9.61 Å². The van der Waals surface area contributed by atoms with Gasteiger partial charge in [0.15, 0.2) is 5.65 Å². The number of aromatic nitrogens is 4. The Morgan fingerprint density at radius 3 is 3.05 bits per heavy atom. The molecule has 1 N–H and O–H groups in total. The Kier molecular flexibility index (Phi) is 3.16. The van der Waals surface area contributed by atoms with Crippen molar-refractivity contribution in [1.82, 2.24) is 19.6 Å². The van der Waals surface area contributed by atoms with Crippen LogP contribution in [0.4, 0.5) is 5.82 Å². The van der Waals surface area contributed by atoms with Crippen LogP contribution in [0, 0.1) is 6.92 Å². The SMILES string of the molecule is Cc1cc(NCc2cccnc2)n2ncc(Br)c2n1. The van der Waals surface area contributed by atoms with Gasteiger partial charge in [0.2, 0.25) is 0 Å². The minimum Gasteiger partial charge on any atom is -0.366 e. The lowest BCUT2D eigenvalue weighted by molar-refractivity contribution is 0.915. The Morgan fingerprint density at radius 1 is 1.37 bits per heavy atom. The highest BCUT2D eigenvalue weighted by Gasteiger charge is 2.08. The minimum atomic E-state index is 0.698. The Hall–Kier alpha value is -1.95. The third kappa shape index (κ3) is 2.44. The zero-order chi connectivity index (χ0) is 13.2. The minimum absolute atomic E-state index is 0.698. The molecule has 0 atom stereocenters. The van der Waals surface area contributed by atoms with E-state index in [4.69, 9.17) is 0 Å². The van der Waals surface area contributed by atoms with Crippen LogP contribution in [-0.2, 0) is 6.54 Å². The lowest BCUT2D eigenvalue weighted by atomic mass is 10.3. The molecule has 96 valence electrons. The molecule has 0 unspecified atom stereocenters. The smallest absolute Gasteiger partial charge is 0.171 e. The van der Waals surface area contributed by atoms with E-state index in [0.29, 0.717) is 6.54 Å². The fourth-order valence-electron chi connectivity index (χ4n) is 1.88. The number of pyridine rings is 1. The van der Waals surface area contributed by atoms with E-state index in [9.17, 15) is 0 Å². The van der Waals surface area contributed by atoms with Gasteiger partial charge in [0.1, 0.15) is 5.82 Å². The Morgan fingerprint density at radius 2 is 2.26 bits per heavy atom. The molecule has 3 aromatic rings. The average Bonchev–Trinajstić information content (AvgIpc) is 2.79. The quantitative estimate of drug-likeness (QED) is 0.807. The van der Waals surface area contributed by atoms with Gasteiger partial charge in [0, 0.05) is 30.7 Å². The van der Waals surface area contributed by atoms with Crippen molar-refractivity contribution in [3.8, 4) is 0 Å². The molecule has 0 aliphatic rings. The number of hydrogen-bond acceptors (Lipinski definition) is 4. The second-order valence-electron chi connectivity index (χ2n) is 4.23. The summed E-state index contributed by atoms with van der Waals surface area (Å²) in [6.07, 6.45) is 5.36. The van der Waals surface area contributed by atoms with Crippen LogP contribution >= 0.6 is 15.9 Å². The van der Waals surface area contributed by atoms with Gasteiger partial charge in [0.05, 0.1) is 10.7 Å². The molecule has 0 fully saturated rings. The first-order valence-electron chi connectivity index (χ1n) is 5.88. The molecule has 3 heterocycles. The van der Waals surface area contributed by atoms with Crippen molar-refractivity contribution in [1.29, 1.82) is 0 Å². The highest BCUT2D eigenvalue weighted by molar-refractivity contribution is 9.10. The van der Waals surface area contributed by atoms with E-state index in [-0.39, 0.29) is 0 Å². The fourth-order valence-corrected chi connectivity index (χ4v) is 2.23. The van der Waals surface area contributed by atoms with Crippen LogP contribution in [0.15, 0.2) is 41.3 Å². The van der Waals surface area contributed by atoms with Crippen LogP contribution in [0.1, 0.15) is 11.3 Å². The molecule has 0 saturated carbocycles. The van der Waals surface area contributed by atoms with Gasteiger partial charge in [-0.1, -0.05) is 6.07 Å². The van der Waals surface area contributed by atoms with Crippen LogP contribution in [0.2, 0.25) is 0 Å². The van der Waals surface area contributed by atoms with Crippen LogP contribution < -0.4 is 5.32 Å². The molecule has 3 aromatic heterocycles. The summed E-state index contributed by atoms with van der Waals surface area (Å²) in [7, 11) is 0. The molecule has 0 aliphatic carbocycles. The molecule has 19 heavy (non-hydrogen) atoms. The first-order chi connectivity index (χ1) is 9.24. The summed E-state index contributed by atoms with van der Waals surface area (Å²) in [6, 6.07) is 5.93. The zero-order valence-electron chi connectivity index (χ0n) is 10.3. The predicted octanol–water partition coefficient (Wildman–Crippen LogP) is 2.81. The maximum Gasteiger partial charge on any atom is 0.171 e. The van der Waals surface area contributed by atoms with Crippen molar-refractivity contribution >= 4 is 27.4 Å². The Balaban J connectivity index is 1.92. The second kappa shape index (κ2) is 4.97. The van der Waals surface area contributed by atoms with Crippen molar-refractivity contribution < 1.29 is 0 Å². The van der Waals surface area contributed by atoms with Gasteiger partial charge in [0.25, 0.3) is 0 Å². The first kappa shape index (κ1) is 12.1. The first-order valence-corrected chi connectivity index (χ1v) is 6.67. The molecule has 0 saturated heterocycles. The lowest BCUT2D eigenvalue weighted by Crippen LogP contribution is -2.06. The third-order valence-corrected chi connectivity index (χ3v) is 3.31. The normalized spacial score (nSPS) is 10.8. The summed E-state index contributed by atoms with van der Waals surface area (Å²) in [5.74, 6) is 0.914. The van der Waals surface area contributed by atoms with Crippen molar-refractivity contribution in [2.24, 2.45) is 0 Å². The molecule has 0 aromatic carbocycles. The average molecular weight is 318 g/mol. The highest BCUT2D eigenvalue weighted by Crippen LogP contribution is 2.20. The van der Waals surface area contributed by atoms with Crippen LogP contribution in [0.25, 0.3) is 5.65 Å². The van der Waals surface area contributed by atoms with Gasteiger partial charge in [-0.05, 0) is 34.5 Å². The molecule has 0 aliphatic heterocycles.